The smallest absolute Gasteiger partial charge is 0.364 e. The molecule has 0 radical (unpaired) electrons. The molecular formula is C20H19F3N2O. The second-order valence-electron chi connectivity index (χ2n) is 6.23. The standard InChI is InChI=1S/C20H19F3N2O/c1-13-8-14(2)10-15(9-13)19-16(17-6-4-5-7-24-17)11-18(20(21,22)23)25(19)12-26-3/h4-11H,12H2,1-3H3. The molecule has 0 saturated carbocycles. The molecule has 2 aromatic heterocycles. The zero-order valence-corrected chi connectivity index (χ0v) is 14.8. The highest BCUT2D eigenvalue weighted by Gasteiger charge is 2.37. The molecule has 0 saturated heterocycles. The van der Waals surface area contributed by atoms with Crippen molar-refractivity contribution >= 4 is 0 Å². The lowest BCUT2D eigenvalue weighted by Gasteiger charge is -2.16. The molecule has 26 heavy (non-hydrogen) atoms. The van der Waals surface area contributed by atoms with Crippen molar-refractivity contribution in [1.29, 1.82) is 0 Å². The van der Waals surface area contributed by atoms with Gasteiger partial charge in [0.2, 0.25) is 0 Å². The Morgan fingerprint density at radius 1 is 1.04 bits per heavy atom. The number of hydrogen-bond acceptors (Lipinski definition) is 2. The number of aromatic nitrogens is 2. The molecule has 1 aromatic carbocycles. The van der Waals surface area contributed by atoms with Gasteiger partial charge in [-0.15, -0.1) is 0 Å². The van der Waals surface area contributed by atoms with Crippen LogP contribution in [0, 0.1) is 13.8 Å². The van der Waals surface area contributed by atoms with Crippen molar-refractivity contribution in [3.63, 3.8) is 0 Å². The second kappa shape index (κ2) is 6.96. The highest BCUT2D eigenvalue weighted by Crippen LogP contribution is 2.41. The van der Waals surface area contributed by atoms with Crippen LogP contribution in [0.3, 0.4) is 0 Å². The Bertz CT molecular complexity index is 895. The fraction of sp³-hybridized carbons (Fsp3) is 0.250. The monoisotopic (exact) mass is 360 g/mol. The van der Waals surface area contributed by atoms with E-state index in [2.05, 4.69) is 4.98 Å². The van der Waals surface area contributed by atoms with E-state index in [0.717, 1.165) is 21.8 Å². The van der Waals surface area contributed by atoms with Gasteiger partial charge in [0.25, 0.3) is 0 Å². The molecule has 3 aromatic rings. The fourth-order valence-corrected chi connectivity index (χ4v) is 3.19. The molecule has 3 nitrogen and oxygen atoms in total. The Morgan fingerprint density at radius 3 is 2.27 bits per heavy atom. The first-order chi connectivity index (χ1) is 12.3. The third-order valence-electron chi connectivity index (χ3n) is 4.08. The van der Waals surface area contributed by atoms with Gasteiger partial charge >= 0.3 is 6.18 Å². The molecule has 6 heteroatoms. The number of alkyl halides is 3. The van der Waals surface area contributed by atoms with E-state index in [-0.39, 0.29) is 6.73 Å². The molecule has 0 amide bonds. The zero-order chi connectivity index (χ0) is 18.9. The van der Waals surface area contributed by atoms with Gasteiger partial charge in [-0.3, -0.25) is 4.98 Å². The summed E-state index contributed by atoms with van der Waals surface area (Å²) >= 11 is 0. The summed E-state index contributed by atoms with van der Waals surface area (Å²) in [5.74, 6) is 0. The van der Waals surface area contributed by atoms with Crippen LogP contribution in [0.15, 0.2) is 48.7 Å². The Kier molecular flexibility index (Phi) is 4.87. The summed E-state index contributed by atoms with van der Waals surface area (Å²) in [5.41, 5.74) is 3.27. The van der Waals surface area contributed by atoms with Crippen LogP contribution in [0.4, 0.5) is 13.2 Å². The number of pyridine rings is 1. The number of nitrogens with zero attached hydrogens (tertiary/aromatic N) is 2. The quantitative estimate of drug-likeness (QED) is 0.618. The van der Waals surface area contributed by atoms with Crippen LogP contribution in [0.25, 0.3) is 22.5 Å². The third-order valence-corrected chi connectivity index (χ3v) is 4.08. The average molecular weight is 360 g/mol. The molecule has 0 atom stereocenters. The first-order valence-electron chi connectivity index (χ1n) is 8.11. The number of methoxy groups -OCH3 is 1. The van der Waals surface area contributed by atoms with Gasteiger partial charge in [0.1, 0.15) is 12.4 Å². The Hall–Kier alpha value is -2.60. The average Bonchev–Trinajstić information content (AvgIpc) is 2.95. The maximum absolute atomic E-state index is 13.7. The number of aryl methyl sites for hydroxylation is 2. The van der Waals surface area contributed by atoms with Crippen LogP contribution < -0.4 is 0 Å². The molecule has 0 aliphatic heterocycles. The van der Waals surface area contributed by atoms with Crippen molar-refractivity contribution in [3.8, 4) is 22.5 Å². The second-order valence-corrected chi connectivity index (χ2v) is 6.23. The predicted octanol–water partition coefficient (Wildman–Crippen LogP) is 5.46. The fourth-order valence-electron chi connectivity index (χ4n) is 3.19. The summed E-state index contributed by atoms with van der Waals surface area (Å²) in [7, 11) is 1.38. The van der Waals surface area contributed by atoms with E-state index in [1.165, 1.54) is 7.11 Å². The van der Waals surface area contributed by atoms with E-state index in [1.807, 2.05) is 32.0 Å². The lowest BCUT2D eigenvalue weighted by atomic mass is 10.0. The minimum atomic E-state index is -4.50. The van der Waals surface area contributed by atoms with Gasteiger partial charge in [-0.25, -0.2) is 0 Å². The lowest BCUT2D eigenvalue weighted by molar-refractivity contribution is -0.145. The van der Waals surface area contributed by atoms with Crippen molar-refractivity contribution in [3.05, 3.63) is 65.5 Å². The third kappa shape index (κ3) is 3.51. The molecule has 136 valence electrons. The van der Waals surface area contributed by atoms with Gasteiger partial charge in [0, 0.05) is 18.9 Å². The molecule has 0 aliphatic carbocycles. The molecule has 0 N–H and O–H groups in total. The van der Waals surface area contributed by atoms with E-state index in [4.69, 9.17) is 4.74 Å². The van der Waals surface area contributed by atoms with Crippen LogP contribution in [0.2, 0.25) is 0 Å². The maximum Gasteiger partial charge on any atom is 0.431 e. The van der Waals surface area contributed by atoms with Gasteiger partial charge in [-0.05, 0) is 49.7 Å². The number of hydrogen-bond donors (Lipinski definition) is 0. The minimum absolute atomic E-state index is 0.204. The van der Waals surface area contributed by atoms with Crippen molar-refractivity contribution in [2.75, 3.05) is 7.11 Å². The van der Waals surface area contributed by atoms with Crippen LogP contribution in [-0.2, 0) is 17.6 Å². The molecule has 0 aliphatic rings. The number of benzene rings is 1. The lowest BCUT2D eigenvalue weighted by Crippen LogP contribution is -2.15. The predicted molar refractivity (Wildman–Crippen MR) is 94.6 cm³/mol. The van der Waals surface area contributed by atoms with Crippen LogP contribution >= 0.6 is 0 Å². The normalized spacial score (nSPS) is 11.8. The van der Waals surface area contributed by atoms with Gasteiger partial charge in [0.15, 0.2) is 0 Å². The topological polar surface area (TPSA) is 27.1 Å². The Morgan fingerprint density at radius 2 is 1.73 bits per heavy atom. The summed E-state index contributed by atoms with van der Waals surface area (Å²) in [6.07, 6.45) is -2.93. The highest BCUT2D eigenvalue weighted by atomic mass is 19.4. The van der Waals surface area contributed by atoms with E-state index < -0.39 is 11.9 Å². The summed E-state index contributed by atoms with van der Waals surface area (Å²) in [6, 6.07) is 12.1. The van der Waals surface area contributed by atoms with Crippen molar-refractivity contribution in [2.45, 2.75) is 26.8 Å². The van der Waals surface area contributed by atoms with Crippen molar-refractivity contribution < 1.29 is 17.9 Å². The molecule has 3 rings (SSSR count). The van der Waals surface area contributed by atoms with E-state index in [0.29, 0.717) is 22.5 Å². The maximum atomic E-state index is 13.7. The van der Waals surface area contributed by atoms with Crippen molar-refractivity contribution in [1.82, 2.24) is 9.55 Å². The van der Waals surface area contributed by atoms with Gasteiger partial charge in [0.05, 0.1) is 11.4 Å². The van der Waals surface area contributed by atoms with Crippen LogP contribution in [-0.4, -0.2) is 16.7 Å². The zero-order valence-electron chi connectivity index (χ0n) is 14.8. The largest absolute Gasteiger partial charge is 0.431 e. The highest BCUT2D eigenvalue weighted by molar-refractivity contribution is 5.81. The Labute approximate surface area is 150 Å². The van der Waals surface area contributed by atoms with Crippen LogP contribution in [0.5, 0.6) is 0 Å². The van der Waals surface area contributed by atoms with Gasteiger partial charge < -0.3 is 9.30 Å². The van der Waals surface area contributed by atoms with Gasteiger partial charge in [-0.2, -0.15) is 13.2 Å². The van der Waals surface area contributed by atoms with Crippen molar-refractivity contribution in [2.24, 2.45) is 0 Å². The first kappa shape index (κ1) is 18.2. The molecular weight excluding hydrogens is 341 g/mol. The molecule has 0 fully saturated rings. The summed E-state index contributed by atoms with van der Waals surface area (Å²) < 4.78 is 47.2. The minimum Gasteiger partial charge on any atom is -0.364 e. The van der Waals surface area contributed by atoms with E-state index in [1.54, 1.807) is 24.4 Å². The molecule has 2 heterocycles. The first-order valence-corrected chi connectivity index (χ1v) is 8.11. The number of ether oxygens (including phenoxy) is 1. The number of halogens is 3. The van der Waals surface area contributed by atoms with E-state index in [9.17, 15) is 13.2 Å². The summed E-state index contributed by atoms with van der Waals surface area (Å²) in [6.45, 7) is 3.64. The summed E-state index contributed by atoms with van der Waals surface area (Å²) in [4.78, 5) is 4.26. The van der Waals surface area contributed by atoms with Crippen LogP contribution in [0.1, 0.15) is 16.8 Å². The summed E-state index contributed by atoms with van der Waals surface area (Å²) in [5, 5.41) is 0. The Balaban J connectivity index is 2.36. The number of rotatable bonds is 4. The molecule has 0 spiro atoms. The molecule has 0 unspecified atom stereocenters. The van der Waals surface area contributed by atoms with Gasteiger partial charge in [-0.1, -0.05) is 23.3 Å². The SMILES string of the molecule is COCn1c(C(F)(F)F)cc(-c2ccccn2)c1-c1cc(C)cc(C)c1. The molecule has 0 bridgehead atoms. The van der Waals surface area contributed by atoms with E-state index >= 15 is 0 Å².